The van der Waals surface area contributed by atoms with Crippen LogP contribution in [0.1, 0.15) is 5.56 Å². The lowest BCUT2D eigenvalue weighted by molar-refractivity contribution is -0.128. The zero-order valence-corrected chi connectivity index (χ0v) is 9.55. The Labute approximate surface area is 103 Å². The molecule has 0 aliphatic carbocycles. The maximum absolute atomic E-state index is 11.8. The Bertz CT molecular complexity index is 551. The van der Waals surface area contributed by atoms with Gasteiger partial charge in [0, 0.05) is 18.5 Å². The number of rotatable bonds is 1. The molecule has 0 saturated heterocycles. The van der Waals surface area contributed by atoms with Gasteiger partial charge in [0.2, 0.25) is 0 Å². The SMILES string of the molecule is O=C(OC1=NCCN1)C1=NOc2ccccc2C1. The second-order valence-corrected chi connectivity index (χ2v) is 3.92. The van der Waals surface area contributed by atoms with Gasteiger partial charge in [0.1, 0.15) is 0 Å². The first-order valence-electron chi connectivity index (χ1n) is 5.65. The van der Waals surface area contributed by atoms with Gasteiger partial charge in [-0.1, -0.05) is 23.4 Å². The van der Waals surface area contributed by atoms with Crippen molar-refractivity contribution in [1.29, 1.82) is 0 Å². The molecule has 6 heteroatoms. The first-order chi connectivity index (χ1) is 8.83. The van der Waals surface area contributed by atoms with E-state index in [0.717, 1.165) is 5.56 Å². The average molecular weight is 245 g/mol. The van der Waals surface area contributed by atoms with Crippen LogP contribution in [0.2, 0.25) is 0 Å². The van der Waals surface area contributed by atoms with Crippen LogP contribution in [0.15, 0.2) is 34.4 Å². The maximum atomic E-state index is 11.8. The van der Waals surface area contributed by atoms with Crippen LogP contribution in [0.4, 0.5) is 0 Å². The molecular weight excluding hydrogens is 234 g/mol. The first-order valence-corrected chi connectivity index (χ1v) is 5.65. The van der Waals surface area contributed by atoms with E-state index in [9.17, 15) is 4.79 Å². The number of nitrogens with zero attached hydrogens (tertiary/aromatic N) is 2. The molecule has 6 nitrogen and oxygen atoms in total. The van der Waals surface area contributed by atoms with Crippen LogP contribution >= 0.6 is 0 Å². The van der Waals surface area contributed by atoms with Crippen molar-refractivity contribution in [2.75, 3.05) is 13.1 Å². The van der Waals surface area contributed by atoms with Crippen molar-refractivity contribution >= 4 is 17.7 Å². The van der Waals surface area contributed by atoms with Crippen molar-refractivity contribution in [2.45, 2.75) is 6.42 Å². The fourth-order valence-electron chi connectivity index (χ4n) is 1.76. The molecule has 0 fully saturated rings. The van der Waals surface area contributed by atoms with E-state index < -0.39 is 5.97 Å². The highest BCUT2D eigenvalue weighted by atomic mass is 16.6. The number of ether oxygens (including phenoxy) is 1. The number of carbonyl (C=O) groups is 1. The molecule has 0 saturated carbocycles. The van der Waals surface area contributed by atoms with Gasteiger partial charge in [-0.3, -0.25) is 0 Å². The van der Waals surface area contributed by atoms with Gasteiger partial charge in [-0.05, 0) is 6.07 Å². The molecule has 1 aromatic carbocycles. The minimum absolute atomic E-state index is 0.241. The zero-order valence-electron chi connectivity index (χ0n) is 9.55. The summed E-state index contributed by atoms with van der Waals surface area (Å²) in [5.74, 6) is 0.142. The third kappa shape index (κ3) is 2.04. The number of para-hydroxylation sites is 1. The lowest BCUT2D eigenvalue weighted by atomic mass is 10.1. The van der Waals surface area contributed by atoms with E-state index in [0.29, 0.717) is 25.3 Å². The van der Waals surface area contributed by atoms with E-state index in [1.165, 1.54) is 0 Å². The molecular formula is C12H11N3O3. The van der Waals surface area contributed by atoms with E-state index in [2.05, 4.69) is 15.5 Å². The van der Waals surface area contributed by atoms with Gasteiger partial charge in [0.15, 0.2) is 11.5 Å². The summed E-state index contributed by atoms with van der Waals surface area (Å²) in [6.07, 6.45) is 0.405. The molecule has 2 aliphatic heterocycles. The van der Waals surface area contributed by atoms with Gasteiger partial charge in [0.05, 0.1) is 6.54 Å². The van der Waals surface area contributed by atoms with E-state index >= 15 is 0 Å². The van der Waals surface area contributed by atoms with Gasteiger partial charge in [-0.2, -0.15) is 0 Å². The predicted molar refractivity (Wildman–Crippen MR) is 64.6 cm³/mol. The summed E-state index contributed by atoms with van der Waals surface area (Å²) in [5, 5.41) is 6.63. The number of amidine groups is 1. The van der Waals surface area contributed by atoms with Crippen molar-refractivity contribution in [3.05, 3.63) is 29.8 Å². The highest BCUT2D eigenvalue weighted by Crippen LogP contribution is 2.22. The summed E-state index contributed by atoms with van der Waals surface area (Å²) in [5.41, 5.74) is 1.16. The number of nitrogens with one attached hydrogen (secondary N) is 1. The van der Waals surface area contributed by atoms with Crippen LogP contribution in [0, 0.1) is 0 Å². The van der Waals surface area contributed by atoms with Crippen molar-refractivity contribution in [2.24, 2.45) is 10.1 Å². The largest absolute Gasteiger partial charge is 0.388 e. The van der Waals surface area contributed by atoms with Gasteiger partial charge in [-0.25, -0.2) is 9.79 Å². The maximum Gasteiger partial charge on any atom is 0.364 e. The second-order valence-electron chi connectivity index (χ2n) is 3.92. The van der Waals surface area contributed by atoms with Crippen LogP contribution in [0.5, 0.6) is 5.75 Å². The number of esters is 1. The molecule has 18 heavy (non-hydrogen) atoms. The molecule has 2 aliphatic rings. The predicted octanol–water partition coefficient (Wildman–Crippen LogP) is 0.480. The summed E-state index contributed by atoms with van der Waals surface area (Å²) >= 11 is 0. The normalized spacial score (nSPS) is 16.9. The van der Waals surface area contributed by atoms with Gasteiger partial charge in [-0.15, -0.1) is 0 Å². The van der Waals surface area contributed by atoms with Crippen LogP contribution in [0.25, 0.3) is 0 Å². The highest BCUT2D eigenvalue weighted by molar-refractivity contribution is 6.38. The van der Waals surface area contributed by atoms with E-state index in [1.807, 2.05) is 24.3 Å². The summed E-state index contributed by atoms with van der Waals surface area (Å²) < 4.78 is 5.05. The van der Waals surface area contributed by atoms with Crippen molar-refractivity contribution in [3.63, 3.8) is 0 Å². The molecule has 1 aromatic rings. The molecule has 0 amide bonds. The van der Waals surface area contributed by atoms with Gasteiger partial charge in [0.25, 0.3) is 6.02 Å². The van der Waals surface area contributed by atoms with Crippen molar-refractivity contribution in [1.82, 2.24) is 5.32 Å². The molecule has 3 rings (SSSR count). The fraction of sp³-hybridized carbons (Fsp3) is 0.250. The summed E-state index contributed by atoms with van der Waals surface area (Å²) in [4.78, 5) is 20.9. The number of fused-ring (bicyclic) bond motifs is 1. The van der Waals surface area contributed by atoms with Crippen LogP contribution in [-0.2, 0) is 16.0 Å². The lowest BCUT2D eigenvalue weighted by Gasteiger charge is -2.14. The highest BCUT2D eigenvalue weighted by Gasteiger charge is 2.23. The summed E-state index contributed by atoms with van der Waals surface area (Å²) in [6, 6.07) is 7.70. The topological polar surface area (TPSA) is 72.3 Å². The molecule has 0 radical (unpaired) electrons. The second kappa shape index (κ2) is 4.48. The fourth-order valence-corrected chi connectivity index (χ4v) is 1.76. The third-order valence-electron chi connectivity index (χ3n) is 2.65. The van der Waals surface area contributed by atoms with Gasteiger partial charge < -0.3 is 14.9 Å². The Morgan fingerprint density at radius 1 is 1.39 bits per heavy atom. The number of benzene rings is 1. The van der Waals surface area contributed by atoms with E-state index in [1.54, 1.807) is 0 Å². The number of carbonyl (C=O) groups excluding carboxylic acids is 1. The minimum Gasteiger partial charge on any atom is -0.388 e. The zero-order chi connectivity index (χ0) is 12.4. The Hall–Kier alpha value is -2.37. The molecule has 0 atom stereocenters. The standard InChI is InChI=1S/C12H11N3O3/c16-11(17-12-13-5-6-14-12)9-7-8-3-1-2-4-10(8)18-15-9/h1-4H,5-7H2,(H,13,14). The molecule has 1 N–H and O–H groups in total. The molecule has 0 unspecified atom stereocenters. The van der Waals surface area contributed by atoms with Crippen LogP contribution < -0.4 is 10.2 Å². The molecule has 0 bridgehead atoms. The Balaban J connectivity index is 1.71. The quantitative estimate of drug-likeness (QED) is 0.730. The number of hydrogen-bond donors (Lipinski definition) is 1. The van der Waals surface area contributed by atoms with E-state index in [4.69, 9.17) is 9.57 Å². The van der Waals surface area contributed by atoms with Gasteiger partial charge >= 0.3 is 5.97 Å². The summed E-state index contributed by atoms with van der Waals surface area (Å²) in [6.45, 7) is 1.31. The number of hydrogen-bond acceptors (Lipinski definition) is 6. The van der Waals surface area contributed by atoms with Crippen molar-refractivity contribution < 1.29 is 14.4 Å². The Morgan fingerprint density at radius 2 is 2.28 bits per heavy atom. The smallest absolute Gasteiger partial charge is 0.364 e. The minimum atomic E-state index is -0.530. The Kier molecular flexibility index (Phi) is 2.68. The summed E-state index contributed by atoms with van der Waals surface area (Å²) in [7, 11) is 0. The third-order valence-corrected chi connectivity index (χ3v) is 2.65. The molecule has 2 heterocycles. The van der Waals surface area contributed by atoms with Crippen molar-refractivity contribution in [3.8, 4) is 5.75 Å². The number of oxime groups is 1. The molecule has 0 aromatic heterocycles. The molecule has 92 valence electrons. The molecule has 0 spiro atoms. The first kappa shape index (κ1) is 10.8. The van der Waals surface area contributed by atoms with Crippen LogP contribution in [0.3, 0.4) is 0 Å². The van der Waals surface area contributed by atoms with E-state index in [-0.39, 0.29) is 11.7 Å². The monoisotopic (exact) mass is 245 g/mol. The Morgan fingerprint density at radius 3 is 3.11 bits per heavy atom. The average Bonchev–Trinajstić information content (AvgIpc) is 2.91. The lowest BCUT2D eigenvalue weighted by Crippen LogP contribution is -2.30. The number of aliphatic imine (C=N–C) groups is 1. The van der Waals surface area contributed by atoms with Crippen LogP contribution in [-0.4, -0.2) is 30.8 Å².